The topological polar surface area (TPSA) is 63.2 Å². The number of aromatic nitrogens is 1. The maximum atomic E-state index is 11.8. The van der Waals surface area contributed by atoms with Crippen molar-refractivity contribution >= 4 is 11.6 Å². The summed E-state index contributed by atoms with van der Waals surface area (Å²) >= 11 is 0. The number of carbonyl (C=O) groups excluding carboxylic acids is 1. The van der Waals surface area contributed by atoms with Gasteiger partial charge in [-0.25, -0.2) is 0 Å². The van der Waals surface area contributed by atoms with Gasteiger partial charge in [-0.15, -0.1) is 0 Å². The minimum Gasteiger partial charge on any atom is -0.366 e. The van der Waals surface area contributed by atoms with Crippen molar-refractivity contribution in [3.63, 3.8) is 0 Å². The standard InChI is InChI=1S/C11H15N3O2/c1-8-4-9(6-13-5-8)14-11(15)10-7-12-2-3-16-10/h4-6,10,12H,2-3,7H2,1H3,(H,14,15). The Labute approximate surface area is 94.2 Å². The van der Waals surface area contributed by atoms with Crippen LogP contribution in [0.15, 0.2) is 18.5 Å². The molecule has 1 aliphatic rings. The predicted octanol–water partition coefficient (Wildman–Crippen LogP) is 0.317. The van der Waals surface area contributed by atoms with Gasteiger partial charge in [0, 0.05) is 19.3 Å². The lowest BCUT2D eigenvalue weighted by atomic mass is 10.2. The highest BCUT2D eigenvalue weighted by Crippen LogP contribution is 2.08. The van der Waals surface area contributed by atoms with Gasteiger partial charge >= 0.3 is 0 Å². The van der Waals surface area contributed by atoms with Gasteiger partial charge in [-0.3, -0.25) is 9.78 Å². The molecule has 1 unspecified atom stereocenters. The molecular formula is C11H15N3O2. The molecule has 1 amide bonds. The molecule has 2 rings (SSSR count). The molecule has 0 aliphatic carbocycles. The minimum absolute atomic E-state index is 0.125. The molecule has 2 heterocycles. The lowest BCUT2D eigenvalue weighted by Crippen LogP contribution is -2.45. The molecule has 16 heavy (non-hydrogen) atoms. The Bertz CT molecular complexity index is 375. The smallest absolute Gasteiger partial charge is 0.254 e. The Balaban J connectivity index is 1.96. The summed E-state index contributed by atoms with van der Waals surface area (Å²) in [5.41, 5.74) is 1.72. The zero-order valence-corrected chi connectivity index (χ0v) is 9.19. The van der Waals surface area contributed by atoms with Crippen molar-refractivity contribution in [2.45, 2.75) is 13.0 Å². The maximum Gasteiger partial charge on any atom is 0.254 e. The second-order valence-corrected chi connectivity index (χ2v) is 3.80. The summed E-state index contributed by atoms with van der Waals surface area (Å²) in [6, 6.07) is 1.88. The van der Waals surface area contributed by atoms with Crippen LogP contribution in [-0.2, 0) is 9.53 Å². The van der Waals surface area contributed by atoms with E-state index in [-0.39, 0.29) is 5.91 Å². The van der Waals surface area contributed by atoms with Gasteiger partial charge in [-0.2, -0.15) is 0 Å². The summed E-state index contributed by atoms with van der Waals surface area (Å²) in [5.74, 6) is -0.125. The van der Waals surface area contributed by atoms with E-state index in [1.165, 1.54) is 0 Å². The minimum atomic E-state index is -0.408. The number of anilines is 1. The van der Waals surface area contributed by atoms with Gasteiger partial charge in [0.1, 0.15) is 6.10 Å². The number of hydrogen-bond acceptors (Lipinski definition) is 4. The third kappa shape index (κ3) is 2.77. The number of amides is 1. The van der Waals surface area contributed by atoms with Crippen molar-refractivity contribution in [3.8, 4) is 0 Å². The normalized spacial score (nSPS) is 20.4. The Morgan fingerprint density at radius 1 is 1.62 bits per heavy atom. The SMILES string of the molecule is Cc1cncc(NC(=O)C2CNCCO2)c1. The van der Waals surface area contributed by atoms with E-state index < -0.39 is 6.10 Å². The van der Waals surface area contributed by atoms with Crippen LogP contribution in [0.25, 0.3) is 0 Å². The predicted molar refractivity (Wildman–Crippen MR) is 60.2 cm³/mol. The highest BCUT2D eigenvalue weighted by atomic mass is 16.5. The van der Waals surface area contributed by atoms with Gasteiger partial charge in [0.25, 0.3) is 5.91 Å². The highest BCUT2D eigenvalue weighted by molar-refractivity contribution is 5.94. The molecule has 0 aromatic carbocycles. The van der Waals surface area contributed by atoms with Crippen LogP contribution in [0.2, 0.25) is 0 Å². The van der Waals surface area contributed by atoms with Crippen LogP contribution in [0.3, 0.4) is 0 Å². The summed E-state index contributed by atoms with van der Waals surface area (Å²) in [6.45, 7) is 3.87. The van der Waals surface area contributed by atoms with Crippen LogP contribution < -0.4 is 10.6 Å². The molecule has 5 nitrogen and oxygen atoms in total. The molecule has 2 N–H and O–H groups in total. The molecule has 86 valence electrons. The van der Waals surface area contributed by atoms with E-state index in [1.54, 1.807) is 12.4 Å². The number of carbonyl (C=O) groups is 1. The fourth-order valence-corrected chi connectivity index (χ4v) is 1.58. The van der Waals surface area contributed by atoms with Crippen LogP contribution >= 0.6 is 0 Å². The van der Waals surface area contributed by atoms with E-state index in [9.17, 15) is 4.79 Å². The van der Waals surface area contributed by atoms with Crippen molar-refractivity contribution in [3.05, 3.63) is 24.0 Å². The first-order valence-electron chi connectivity index (χ1n) is 5.30. The first kappa shape index (κ1) is 11.0. The number of morpholine rings is 1. The number of hydrogen-bond donors (Lipinski definition) is 2. The molecule has 1 saturated heterocycles. The van der Waals surface area contributed by atoms with Crippen molar-refractivity contribution in [1.82, 2.24) is 10.3 Å². The maximum absolute atomic E-state index is 11.8. The molecule has 1 aromatic heterocycles. The summed E-state index contributed by atoms with van der Waals surface area (Å²) < 4.78 is 5.35. The molecule has 5 heteroatoms. The average Bonchev–Trinajstić information content (AvgIpc) is 2.30. The van der Waals surface area contributed by atoms with Gasteiger partial charge in [0.2, 0.25) is 0 Å². The number of aryl methyl sites for hydroxylation is 1. The first-order valence-corrected chi connectivity index (χ1v) is 5.30. The fourth-order valence-electron chi connectivity index (χ4n) is 1.58. The van der Waals surface area contributed by atoms with Crippen LogP contribution in [0.1, 0.15) is 5.56 Å². The van der Waals surface area contributed by atoms with Gasteiger partial charge in [0.05, 0.1) is 18.5 Å². The Morgan fingerprint density at radius 3 is 3.19 bits per heavy atom. The second-order valence-electron chi connectivity index (χ2n) is 3.80. The zero-order chi connectivity index (χ0) is 11.4. The largest absolute Gasteiger partial charge is 0.366 e. The van der Waals surface area contributed by atoms with E-state index in [4.69, 9.17) is 4.74 Å². The van der Waals surface area contributed by atoms with E-state index in [1.807, 2.05) is 13.0 Å². The Hall–Kier alpha value is -1.46. The lowest BCUT2D eigenvalue weighted by Gasteiger charge is -2.22. The van der Waals surface area contributed by atoms with Gasteiger partial charge < -0.3 is 15.4 Å². The number of nitrogens with one attached hydrogen (secondary N) is 2. The summed E-state index contributed by atoms with van der Waals surface area (Å²) in [4.78, 5) is 15.8. The molecule has 0 spiro atoms. The molecule has 1 fully saturated rings. The van der Waals surface area contributed by atoms with Crippen molar-refractivity contribution in [1.29, 1.82) is 0 Å². The monoisotopic (exact) mass is 221 g/mol. The molecule has 1 atom stereocenters. The van der Waals surface area contributed by atoms with E-state index in [2.05, 4.69) is 15.6 Å². The molecule has 1 aromatic rings. The van der Waals surface area contributed by atoms with Crippen molar-refractivity contribution in [2.75, 3.05) is 25.0 Å². The third-order valence-electron chi connectivity index (χ3n) is 2.36. The quantitative estimate of drug-likeness (QED) is 0.754. The summed E-state index contributed by atoms with van der Waals surface area (Å²) in [7, 11) is 0. The van der Waals surface area contributed by atoms with Crippen molar-refractivity contribution < 1.29 is 9.53 Å². The second kappa shape index (κ2) is 5.05. The number of nitrogens with zero attached hydrogens (tertiary/aromatic N) is 1. The van der Waals surface area contributed by atoms with E-state index in [0.717, 1.165) is 12.1 Å². The number of rotatable bonds is 2. The molecule has 0 saturated carbocycles. The third-order valence-corrected chi connectivity index (χ3v) is 2.36. The van der Waals surface area contributed by atoms with E-state index in [0.29, 0.717) is 18.8 Å². The summed E-state index contributed by atoms with van der Waals surface area (Å²) in [5, 5.41) is 5.90. The molecule has 0 radical (unpaired) electrons. The van der Waals surface area contributed by atoms with Crippen molar-refractivity contribution in [2.24, 2.45) is 0 Å². The highest BCUT2D eigenvalue weighted by Gasteiger charge is 2.21. The molecule has 0 bridgehead atoms. The number of pyridine rings is 1. The van der Waals surface area contributed by atoms with Crippen LogP contribution in [0.5, 0.6) is 0 Å². The Kier molecular flexibility index (Phi) is 3.48. The van der Waals surface area contributed by atoms with Crippen LogP contribution in [0, 0.1) is 6.92 Å². The van der Waals surface area contributed by atoms with Gasteiger partial charge in [-0.05, 0) is 18.6 Å². The summed E-state index contributed by atoms with van der Waals surface area (Å²) in [6.07, 6.45) is 2.96. The Morgan fingerprint density at radius 2 is 2.50 bits per heavy atom. The van der Waals surface area contributed by atoms with Crippen LogP contribution in [-0.4, -0.2) is 36.7 Å². The fraction of sp³-hybridized carbons (Fsp3) is 0.455. The van der Waals surface area contributed by atoms with Gasteiger partial charge in [-0.1, -0.05) is 0 Å². The van der Waals surface area contributed by atoms with Crippen LogP contribution in [0.4, 0.5) is 5.69 Å². The number of ether oxygens (including phenoxy) is 1. The zero-order valence-electron chi connectivity index (χ0n) is 9.19. The lowest BCUT2D eigenvalue weighted by molar-refractivity contribution is -0.128. The molecular weight excluding hydrogens is 206 g/mol. The first-order chi connectivity index (χ1) is 7.75. The molecule has 1 aliphatic heterocycles. The average molecular weight is 221 g/mol. The van der Waals surface area contributed by atoms with E-state index >= 15 is 0 Å². The van der Waals surface area contributed by atoms with Gasteiger partial charge in [0.15, 0.2) is 0 Å².